The fraction of sp³-hybridized carbons (Fsp3) is 0.600. The van der Waals surface area contributed by atoms with Crippen molar-refractivity contribution in [1.29, 1.82) is 0 Å². The molecule has 0 radical (unpaired) electrons. The molecule has 92 valence electrons. The first-order chi connectivity index (χ1) is 7.28. The van der Waals surface area contributed by atoms with E-state index in [9.17, 15) is 14.7 Å². The normalized spacial score (nSPS) is 15.9. The van der Waals surface area contributed by atoms with Gasteiger partial charge in [0.25, 0.3) is 0 Å². The highest BCUT2D eigenvalue weighted by Gasteiger charge is 2.21. The molecule has 0 aromatic carbocycles. The summed E-state index contributed by atoms with van der Waals surface area (Å²) < 4.78 is 0. The third kappa shape index (κ3) is 6.47. The SMILES string of the molecule is C=CC(C)(O)CSC[C@@H](NC(C)=O)C(=O)O. The molecule has 0 aliphatic heterocycles. The van der Waals surface area contributed by atoms with Crippen LogP contribution in [0.3, 0.4) is 0 Å². The van der Waals surface area contributed by atoms with Crippen LogP contribution in [0.1, 0.15) is 13.8 Å². The maximum Gasteiger partial charge on any atom is 0.327 e. The quantitative estimate of drug-likeness (QED) is 0.561. The van der Waals surface area contributed by atoms with Crippen LogP contribution in [0.4, 0.5) is 0 Å². The van der Waals surface area contributed by atoms with Crippen LogP contribution in [0.5, 0.6) is 0 Å². The van der Waals surface area contributed by atoms with E-state index in [1.807, 2.05) is 0 Å². The lowest BCUT2D eigenvalue weighted by molar-refractivity contribution is -0.140. The zero-order valence-electron chi connectivity index (χ0n) is 9.40. The van der Waals surface area contributed by atoms with Crippen LogP contribution in [0.2, 0.25) is 0 Å². The van der Waals surface area contributed by atoms with Gasteiger partial charge in [0, 0.05) is 18.4 Å². The number of hydrogen-bond donors (Lipinski definition) is 3. The van der Waals surface area contributed by atoms with Gasteiger partial charge in [-0.25, -0.2) is 4.79 Å². The number of hydrogen-bond acceptors (Lipinski definition) is 4. The lowest BCUT2D eigenvalue weighted by Gasteiger charge is -2.19. The van der Waals surface area contributed by atoms with Crippen molar-refractivity contribution in [3.63, 3.8) is 0 Å². The van der Waals surface area contributed by atoms with E-state index in [-0.39, 0.29) is 11.7 Å². The van der Waals surface area contributed by atoms with Gasteiger partial charge in [0.1, 0.15) is 6.04 Å². The number of aliphatic carboxylic acids is 1. The smallest absolute Gasteiger partial charge is 0.327 e. The van der Waals surface area contributed by atoms with Crippen molar-refractivity contribution in [3.05, 3.63) is 12.7 Å². The Morgan fingerprint density at radius 2 is 2.19 bits per heavy atom. The summed E-state index contributed by atoms with van der Waals surface area (Å²) in [5, 5.41) is 20.7. The third-order valence-electron chi connectivity index (χ3n) is 1.79. The average molecular weight is 247 g/mol. The Labute approximate surface area is 98.9 Å². The monoisotopic (exact) mass is 247 g/mol. The van der Waals surface area contributed by atoms with Crippen molar-refractivity contribution in [2.24, 2.45) is 0 Å². The molecule has 1 unspecified atom stereocenters. The van der Waals surface area contributed by atoms with Gasteiger partial charge in [0.05, 0.1) is 5.60 Å². The first-order valence-electron chi connectivity index (χ1n) is 4.72. The van der Waals surface area contributed by atoms with Crippen LogP contribution in [-0.2, 0) is 9.59 Å². The molecule has 0 aromatic heterocycles. The molecular formula is C10H17NO4S. The first kappa shape index (κ1) is 15.0. The van der Waals surface area contributed by atoms with Crippen molar-refractivity contribution >= 4 is 23.6 Å². The molecule has 0 aliphatic rings. The Kier molecular flexibility index (Phi) is 6.13. The van der Waals surface area contributed by atoms with Gasteiger partial charge in [-0.3, -0.25) is 4.79 Å². The number of nitrogens with one attached hydrogen (secondary N) is 1. The second-order valence-electron chi connectivity index (χ2n) is 3.67. The molecular weight excluding hydrogens is 230 g/mol. The molecule has 2 atom stereocenters. The van der Waals surface area contributed by atoms with Crippen LogP contribution < -0.4 is 5.32 Å². The van der Waals surface area contributed by atoms with Gasteiger partial charge in [-0.1, -0.05) is 6.08 Å². The number of carbonyl (C=O) groups excluding carboxylic acids is 1. The van der Waals surface area contributed by atoms with Gasteiger partial charge in [-0.05, 0) is 6.92 Å². The van der Waals surface area contributed by atoms with Crippen LogP contribution in [0.25, 0.3) is 0 Å². The largest absolute Gasteiger partial charge is 0.480 e. The zero-order valence-corrected chi connectivity index (χ0v) is 10.2. The minimum Gasteiger partial charge on any atom is -0.480 e. The highest BCUT2D eigenvalue weighted by atomic mass is 32.2. The summed E-state index contributed by atoms with van der Waals surface area (Å²) in [6.45, 7) is 6.31. The van der Waals surface area contributed by atoms with E-state index in [0.717, 1.165) is 0 Å². The van der Waals surface area contributed by atoms with Crippen molar-refractivity contribution < 1.29 is 19.8 Å². The standard InChI is InChI=1S/C10H17NO4S/c1-4-10(3,15)6-16-5-8(9(13)14)11-7(2)12/h4,8,15H,1,5-6H2,2-3H3,(H,11,12)(H,13,14)/t8-,10?/m1/s1. The molecule has 0 fully saturated rings. The molecule has 1 amide bonds. The molecule has 6 heteroatoms. The number of carboxylic acids is 1. The maximum absolute atomic E-state index is 10.7. The molecule has 0 saturated heterocycles. The Hall–Kier alpha value is -1.01. The summed E-state index contributed by atoms with van der Waals surface area (Å²) in [6.07, 6.45) is 1.40. The van der Waals surface area contributed by atoms with E-state index in [1.54, 1.807) is 6.92 Å². The lowest BCUT2D eigenvalue weighted by atomic mass is 10.1. The molecule has 16 heavy (non-hydrogen) atoms. The highest BCUT2D eigenvalue weighted by Crippen LogP contribution is 2.14. The topological polar surface area (TPSA) is 86.6 Å². The number of rotatable bonds is 7. The van der Waals surface area contributed by atoms with Crippen LogP contribution >= 0.6 is 11.8 Å². The Balaban J connectivity index is 4.08. The fourth-order valence-corrected chi connectivity index (χ4v) is 1.97. The number of carboxylic acid groups (broad SMARTS) is 1. The second-order valence-corrected chi connectivity index (χ2v) is 4.70. The van der Waals surface area contributed by atoms with Crippen LogP contribution in [-0.4, -0.2) is 45.2 Å². The predicted octanol–water partition coefficient (Wildman–Crippen LogP) is 0.246. The highest BCUT2D eigenvalue weighted by molar-refractivity contribution is 7.99. The number of carbonyl (C=O) groups is 2. The third-order valence-corrected chi connectivity index (χ3v) is 3.15. The Morgan fingerprint density at radius 3 is 2.56 bits per heavy atom. The van der Waals surface area contributed by atoms with Gasteiger partial charge in [0.2, 0.25) is 5.91 Å². The molecule has 3 N–H and O–H groups in total. The van der Waals surface area contributed by atoms with Crippen molar-refractivity contribution in [2.75, 3.05) is 11.5 Å². The predicted molar refractivity (Wildman–Crippen MR) is 63.4 cm³/mol. The van der Waals surface area contributed by atoms with Gasteiger partial charge < -0.3 is 15.5 Å². The molecule has 0 heterocycles. The van der Waals surface area contributed by atoms with Crippen molar-refractivity contribution in [2.45, 2.75) is 25.5 Å². The minimum atomic E-state index is -1.08. The summed E-state index contributed by atoms with van der Waals surface area (Å²) in [7, 11) is 0. The lowest BCUT2D eigenvalue weighted by Crippen LogP contribution is -2.42. The van der Waals surface area contributed by atoms with E-state index >= 15 is 0 Å². The van der Waals surface area contributed by atoms with E-state index in [1.165, 1.54) is 24.8 Å². The molecule has 0 saturated carbocycles. The molecule has 0 bridgehead atoms. The maximum atomic E-state index is 10.7. The molecule has 0 aliphatic carbocycles. The molecule has 5 nitrogen and oxygen atoms in total. The summed E-state index contributed by atoms with van der Waals surface area (Å²) in [5.74, 6) is -0.928. The summed E-state index contributed by atoms with van der Waals surface area (Å²) in [4.78, 5) is 21.5. The summed E-state index contributed by atoms with van der Waals surface area (Å²) in [5.41, 5.74) is -1.02. The van der Waals surface area contributed by atoms with Crippen LogP contribution in [0, 0.1) is 0 Å². The van der Waals surface area contributed by atoms with Crippen molar-refractivity contribution in [1.82, 2.24) is 5.32 Å². The summed E-state index contributed by atoms with van der Waals surface area (Å²) in [6, 6.07) is -0.928. The van der Waals surface area contributed by atoms with E-state index < -0.39 is 17.6 Å². The Bertz CT molecular complexity index is 278. The van der Waals surface area contributed by atoms with E-state index in [2.05, 4.69) is 11.9 Å². The van der Waals surface area contributed by atoms with Crippen LogP contribution in [0.15, 0.2) is 12.7 Å². The van der Waals surface area contributed by atoms with E-state index in [0.29, 0.717) is 5.75 Å². The van der Waals surface area contributed by atoms with Crippen molar-refractivity contribution in [3.8, 4) is 0 Å². The van der Waals surface area contributed by atoms with Gasteiger partial charge in [-0.2, -0.15) is 11.8 Å². The zero-order chi connectivity index (χ0) is 12.8. The molecule has 0 rings (SSSR count). The minimum absolute atomic E-state index is 0.207. The van der Waals surface area contributed by atoms with E-state index in [4.69, 9.17) is 5.11 Å². The fourth-order valence-electron chi connectivity index (χ4n) is 0.862. The number of aliphatic hydroxyl groups is 1. The molecule has 0 aromatic rings. The molecule has 0 spiro atoms. The number of thioether (sulfide) groups is 1. The first-order valence-corrected chi connectivity index (χ1v) is 5.87. The summed E-state index contributed by atoms with van der Waals surface area (Å²) >= 11 is 1.25. The van der Waals surface area contributed by atoms with Gasteiger partial charge >= 0.3 is 5.97 Å². The Morgan fingerprint density at radius 1 is 1.62 bits per heavy atom. The van der Waals surface area contributed by atoms with Gasteiger partial charge in [-0.15, -0.1) is 6.58 Å². The van der Waals surface area contributed by atoms with Gasteiger partial charge in [0.15, 0.2) is 0 Å². The number of amides is 1. The second kappa shape index (κ2) is 6.55. The average Bonchev–Trinajstić information content (AvgIpc) is 2.15.